The van der Waals surface area contributed by atoms with Gasteiger partial charge in [0.15, 0.2) is 5.69 Å². The Labute approximate surface area is 102 Å². The molecule has 0 aliphatic heterocycles. The second-order valence-corrected chi connectivity index (χ2v) is 2.52. The molecule has 14 heavy (non-hydrogen) atoms. The molecule has 0 unspecified atom stereocenters. The molecule has 0 fully saturated rings. The van der Waals surface area contributed by atoms with E-state index in [2.05, 4.69) is 4.98 Å². The van der Waals surface area contributed by atoms with Crippen LogP contribution in [-0.2, 0) is 0 Å². The van der Waals surface area contributed by atoms with Crippen molar-refractivity contribution in [3.8, 4) is 0 Å². The summed E-state index contributed by atoms with van der Waals surface area (Å²) in [5, 5.41) is 17.2. The molecule has 1 rings (SSSR count). The summed E-state index contributed by atoms with van der Waals surface area (Å²) in [5.74, 6) is -2.62. The molecule has 0 aliphatic carbocycles. The van der Waals surface area contributed by atoms with Crippen LogP contribution in [0.3, 0.4) is 0 Å². The first-order chi connectivity index (χ1) is 6.02. The van der Waals surface area contributed by atoms with Crippen molar-refractivity contribution in [2.24, 2.45) is 0 Å². The zero-order valence-corrected chi connectivity index (χ0v) is 6.81. The fourth-order valence-electron chi connectivity index (χ4n) is 0.903. The van der Waals surface area contributed by atoms with Crippen LogP contribution < -0.4 is 0 Å². The number of rotatable bonds is 2. The Balaban J connectivity index is 0.00000169. The monoisotopic (exact) mass is 205 g/mol. The molecule has 0 spiro atoms. The quantitative estimate of drug-likeness (QED) is 0.670. The fraction of sp³-hybridized carbons (Fsp3) is 0.125. The molecule has 70 valence electrons. The van der Waals surface area contributed by atoms with E-state index < -0.39 is 17.6 Å². The first-order valence-corrected chi connectivity index (χ1v) is 3.45. The molecular formula is C8H8NNaO4. The molecule has 6 heteroatoms. The summed E-state index contributed by atoms with van der Waals surface area (Å²) < 4.78 is 0. The molecule has 1 aromatic heterocycles. The number of nitrogens with zero attached hydrogens (tertiary/aromatic N) is 1. The van der Waals surface area contributed by atoms with E-state index in [-0.39, 0.29) is 35.1 Å². The predicted molar refractivity (Wildman–Crippen MR) is 50.0 cm³/mol. The number of carbonyl (C=O) groups is 2. The molecule has 0 saturated carbocycles. The van der Waals surface area contributed by atoms with E-state index >= 15 is 0 Å². The summed E-state index contributed by atoms with van der Waals surface area (Å²) in [4.78, 5) is 24.6. The molecule has 0 amide bonds. The van der Waals surface area contributed by atoms with Crippen molar-refractivity contribution in [3.63, 3.8) is 0 Å². The Hall–Kier alpha value is -0.910. The summed E-state index contributed by atoms with van der Waals surface area (Å²) in [7, 11) is 0. The van der Waals surface area contributed by atoms with Gasteiger partial charge >= 0.3 is 41.5 Å². The van der Waals surface area contributed by atoms with E-state index in [1.807, 2.05) is 0 Å². The van der Waals surface area contributed by atoms with Gasteiger partial charge in [-0.1, -0.05) is 0 Å². The number of hydrogen-bond acceptors (Lipinski definition) is 3. The molecule has 0 atom stereocenters. The topological polar surface area (TPSA) is 87.5 Å². The van der Waals surface area contributed by atoms with Crippen LogP contribution in [0.4, 0.5) is 0 Å². The van der Waals surface area contributed by atoms with Gasteiger partial charge in [-0.25, -0.2) is 14.6 Å². The van der Waals surface area contributed by atoms with Crippen LogP contribution >= 0.6 is 0 Å². The third-order valence-electron chi connectivity index (χ3n) is 1.46. The average molecular weight is 205 g/mol. The summed E-state index contributed by atoms with van der Waals surface area (Å²) in [6, 6.07) is 1.28. The van der Waals surface area contributed by atoms with Crippen molar-refractivity contribution in [3.05, 3.63) is 29.1 Å². The maximum atomic E-state index is 10.6. The van der Waals surface area contributed by atoms with E-state index in [0.717, 1.165) is 0 Å². The average Bonchev–Trinajstić information content (AvgIpc) is 2.03. The van der Waals surface area contributed by atoms with Crippen molar-refractivity contribution in [1.29, 1.82) is 0 Å². The summed E-state index contributed by atoms with van der Waals surface area (Å²) in [5.41, 5.74) is -0.104. The normalized spacial score (nSPS) is 8.93. The first-order valence-electron chi connectivity index (χ1n) is 3.45. The van der Waals surface area contributed by atoms with Crippen LogP contribution in [0.25, 0.3) is 0 Å². The van der Waals surface area contributed by atoms with Gasteiger partial charge in [0.1, 0.15) is 0 Å². The van der Waals surface area contributed by atoms with Gasteiger partial charge in [-0.05, 0) is 18.6 Å². The van der Waals surface area contributed by atoms with Crippen molar-refractivity contribution < 1.29 is 19.8 Å². The standard InChI is InChI=1S/C8H7NO4.Na.H/c1-4-2-5(7(10)11)6(8(12)13)9-3-4;;/h2-3H,1H3,(H,10,11)(H,12,13);;. The number of aromatic carboxylic acids is 2. The molecule has 1 aromatic rings. The number of pyridine rings is 1. The van der Waals surface area contributed by atoms with Gasteiger partial charge in [-0.2, -0.15) is 0 Å². The Bertz CT molecular complexity index is 378. The second-order valence-electron chi connectivity index (χ2n) is 2.52. The molecule has 0 bridgehead atoms. The Kier molecular flexibility index (Phi) is 4.76. The molecule has 2 N–H and O–H groups in total. The summed E-state index contributed by atoms with van der Waals surface area (Å²) >= 11 is 0. The zero-order valence-electron chi connectivity index (χ0n) is 6.81. The van der Waals surface area contributed by atoms with Crippen molar-refractivity contribution in [2.75, 3.05) is 0 Å². The molecule has 0 radical (unpaired) electrons. The van der Waals surface area contributed by atoms with Gasteiger partial charge in [0.05, 0.1) is 5.56 Å². The number of aromatic nitrogens is 1. The van der Waals surface area contributed by atoms with E-state index in [0.29, 0.717) is 5.56 Å². The molecule has 0 saturated heterocycles. The minimum absolute atomic E-state index is 0. The Morgan fingerprint density at radius 3 is 2.29 bits per heavy atom. The van der Waals surface area contributed by atoms with Gasteiger partial charge in [0.2, 0.25) is 0 Å². The van der Waals surface area contributed by atoms with E-state index in [1.54, 1.807) is 6.92 Å². The van der Waals surface area contributed by atoms with Gasteiger partial charge in [0, 0.05) is 6.20 Å². The number of carboxylic acid groups (broad SMARTS) is 2. The zero-order chi connectivity index (χ0) is 10.0. The van der Waals surface area contributed by atoms with E-state index in [9.17, 15) is 9.59 Å². The first kappa shape index (κ1) is 13.1. The molecular weight excluding hydrogens is 197 g/mol. The van der Waals surface area contributed by atoms with Crippen LogP contribution in [0.1, 0.15) is 26.4 Å². The van der Waals surface area contributed by atoms with Gasteiger partial charge in [-0.15, -0.1) is 0 Å². The van der Waals surface area contributed by atoms with Crippen molar-refractivity contribution in [1.82, 2.24) is 4.98 Å². The van der Waals surface area contributed by atoms with Crippen LogP contribution in [-0.4, -0.2) is 56.7 Å². The van der Waals surface area contributed by atoms with Crippen LogP contribution in [0.2, 0.25) is 0 Å². The SMILES string of the molecule is Cc1cnc(C(=O)O)c(C(=O)O)c1.[NaH]. The van der Waals surface area contributed by atoms with Crippen LogP contribution in [0, 0.1) is 6.92 Å². The molecule has 5 nitrogen and oxygen atoms in total. The number of aryl methyl sites for hydroxylation is 1. The van der Waals surface area contributed by atoms with Crippen LogP contribution in [0.15, 0.2) is 12.3 Å². The Morgan fingerprint density at radius 1 is 1.29 bits per heavy atom. The van der Waals surface area contributed by atoms with E-state index in [4.69, 9.17) is 10.2 Å². The van der Waals surface area contributed by atoms with Crippen molar-refractivity contribution in [2.45, 2.75) is 6.92 Å². The van der Waals surface area contributed by atoms with E-state index in [1.165, 1.54) is 12.3 Å². The van der Waals surface area contributed by atoms with Gasteiger partial charge in [0.25, 0.3) is 0 Å². The van der Waals surface area contributed by atoms with Crippen LogP contribution in [0.5, 0.6) is 0 Å². The molecule has 1 heterocycles. The summed E-state index contributed by atoms with van der Waals surface area (Å²) in [6.07, 6.45) is 1.32. The maximum absolute atomic E-state index is 10.6. The third kappa shape index (κ3) is 2.80. The van der Waals surface area contributed by atoms with Crippen molar-refractivity contribution >= 4 is 41.5 Å². The minimum atomic E-state index is -1.34. The third-order valence-corrected chi connectivity index (χ3v) is 1.46. The van der Waals surface area contributed by atoms with Gasteiger partial charge < -0.3 is 10.2 Å². The Morgan fingerprint density at radius 2 is 1.86 bits per heavy atom. The molecule has 0 aliphatic rings. The fourth-order valence-corrected chi connectivity index (χ4v) is 0.903. The van der Waals surface area contributed by atoms with Gasteiger partial charge in [-0.3, -0.25) is 0 Å². The molecule has 0 aromatic carbocycles. The predicted octanol–water partition coefficient (Wildman–Crippen LogP) is 0.138. The number of carboxylic acids is 2. The second kappa shape index (κ2) is 5.09. The summed E-state index contributed by atoms with van der Waals surface area (Å²) in [6.45, 7) is 1.64. The number of hydrogen-bond donors (Lipinski definition) is 2.